The largest absolute Gasteiger partial charge is 0.493 e. The van der Waals surface area contributed by atoms with E-state index >= 15 is 0 Å². The molecule has 2 rings (SSSR count). The Bertz CT molecular complexity index is 574. The summed E-state index contributed by atoms with van der Waals surface area (Å²) in [6.45, 7) is 1.34. The van der Waals surface area contributed by atoms with E-state index in [9.17, 15) is 8.42 Å². The van der Waals surface area contributed by atoms with Crippen LogP contribution >= 0.6 is 15.9 Å². The summed E-state index contributed by atoms with van der Waals surface area (Å²) in [6.07, 6.45) is 1.35. The van der Waals surface area contributed by atoms with Gasteiger partial charge in [-0.1, -0.05) is 15.9 Å². The Morgan fingerprint density at radius 3 is 3.00 bits per heavy atom. The number of hydrogen-bond donors (Lipinski definition) is 1. The van der Waals surface area contributed by atoms with Gasteiger partial charge < -0.3 is 9.47 Å². The summed E-state index contributed by atoms with van der Waals surface area (Å²) >= 11 is 3.44. The fourth-order valence-corrected chi connectivity index (χ4v) is 3.70. The van der Waals surface area contributed by atoms with Crippen LogP contribution in [0.25, 0.3) is 0 Å². The monoisotopic (exact) mass is 363 g/mol. The van der Waals surface area contributed by atoms with Gasteiger partial charge in [-0.25, -0.2) is 13.1 Å². The lowest BCUT2D eigenvalue weighted by molar-refractivity contribution is 0.199. The average Bonchev–Trinajstić information content (AvgIpc) is 2.84. The molecule has 1 aromatic rings. The van der Waals surface area contributed by atoms with Crippen molar-refractivity contribution in [2.75, 3.05) is 26.1 Å². The molecule has 1 aromatic carbocycles. The maximum absolute atomic E-state index is 11.8. The topological polar surface area (TPSA) is 64.6 Å². The van der Waals surface area contributed by atoms with E-state index in [1.807, 2.05) is 12.1 Å². The molecule has 1 aliphatic heterocycles. The number of nitrogens with one attached hydrogen (secondary N) is 1. The van der Waals surface area contributed by atoms with Crippen molar-refractivity contribution < 1.29 is 17.9 Å². The molecule has 0 fully saturated rings. The van der Waals surface area contributed by atoms with E-state index in [-0.39, 0.29) is 12.3 Å². The van der Waals surface area contributed by atoms with E-state index < -0.39 is 10.0 Å². The molecule has 0 unspecified atom stereocenters. The molecule has 1 heterocycles. The van der Waals surface area contributed by atoms with Crippen LogP contribution in [0.15, 0.2) is 16.6 Å². The third-order valence-corrected chi connectivity index (χ3v) is 4.94. The van der Waals surface area contributed by atoms with Gasteiger partial charge in [0.25, 0.3) is 0 Å². The van der Waals surface area contributed by atoms with Crippen molar-refractivity contribution in [2.45, 2.75) is 19.4 Å². The summed E-state index contributed by atoms with van der Waals surface area (Å²) in [7, 11) is -1.73. The molecule has 0 saturated heterocycles. The third-order valence-electron chi connectivity index (χ3n) is 3.07. The van der Waals surface area contributed by atoms with Crippen molar-refractivity contribution in [1.29, 1.82) is 0 Å². The SMILES string of the molecule is COCCCS(=O)(=O)NCc1cc(Br)cc2c1OCC2. The van der Waals surface area contributed by atoms with Gasteiger partial charge in [0.1, 0.15) is 5.75 Å². The van der Waals surface area contributed by atoms with E-state index in [1.54, 1.807) is 7.11 Å². The van der Waals surface area contributed by atoms with Gasteiger partial charge in [-0.3, -0.25) is 0 Å². The smallest absolute Gasteiger partial charge is 0.211 e. The first kappa shape index (κ1) is 15.8. The first-order chi connectivity index (χ1) is 9.52. The third kappa shape index (κ3) is 4.18. The van der Waals surface area contributed by atoms with Crippen LogP contribution in [0, 0.1) is 0 Å². The van der Waals surface area contributed by atoms with Crippen LogP contribution in [0.3, 0.4) is 0 Å². The maximum atomic E-state index is 11.8. The van der Waals surface area contributed by atoms with Crippen LogP contribution in [0.2, 0.25) is 0 Å². The molecule has 1 N–H and O–H groups in total. The standard InChI is InChI=1S/C13H18BrNO4S/c1-18-4-2-6-20(16,17)15-9-11-8-12(14)7-10-3-5-19-13(10)11/h7-8,15H,2-6,9H2,1H3. The lowest BCUT2D eigenvalue weighted by Crippen LogP contribution is -2.26. The Hall–Kier alpha value is -0.630. The molecular weight excluding hydrogens is 346 g/mol. The van der Waals surface area contributed by atoms with Crippen molar-refractivity contribution in [1.82, 2.24) is 4.72 Å². The minimum absolute atomic E-state index is 0.0674. The molecule has 0 amide bonds. The number of halogens is 1. The fourth-order valence-electron chi connectivity index (χ4n) is 2.13. The summed E-state index contributed by atoms with van der Waals surface area (Å²) < 4.78 is 37.7. The second kappa shape index (κ2) is 6.89. The Balaban J connectivity index is 2.01. The Kier molecular flexibility index (Phi) is 5.42. The molecule has 0 bridgehead atoms. The van der Waals surface area contributed by atoms with Crippen LogP contribution < -0.4 is 9.46 Å². The van der Waals surface area contributed by atoms with E-state index in [4.69, 9.17) is 9.47 Å². The number of ether oxygens (including phenoxy) is 2. The first-order valence-electron chi connectivity index (χ1n) is 6.42. The minimum Gasteiger partial charge on any atom is -0.493 e. The molecule has 5 nitrogen and oxygen atoms in total. The number of hydrogen-bond acceptors (Lipinski definition) is 4. The van der Waals surface area contributed by atoms with E-state index in [1.165, 1.54) is 0 Å². The van der Waals surface area contributed by atoms with Gasteiger partial charge in [0.15, 0.2) is 0 Å². The average molecular weight is 364 g/mol. The minimum atomic E-state index is -3.28. The summed E-state index contributed by atoms with van der Waals surface area (Å²) in [6, 6.07) is 3.90. The van der Waals surface area contributed by atoms with E-state index in [0.717, 1.165) is 27.8 Å². The van der Waals surface area contributed by atoms with Gasteiger partial charge in [-0.05, 0) is 24.1 Å². The van der Waals surface area contributed by atoms with Crippen LogP contribution in [0.4, 0.5) is 0 Å². The Labute approximate surface area is 127 Å². The molecule has 0 saturated carbocycles. The van der Waals surface area contributed by atoms with Crippen LogP contribution in [0.5, 0.6) is 5.75 Å². The van der Waals surface area contributed by atoms with E-state index in [2.05, 4.69) is 20.7 Å². The molecular formula is C13H18BrNO4S. The molecule has 112 valence electrons. The normalized spacial score (nSPS) is 14.1. The van der Waals surface area contributed by atoms with Gasteiger partial charge in [-0.15, -0.1) is 0 Å². The highest BCUT2D eigenvalue weighted by atomic mass is 79.9. The van der Waals surface area contributed by atoms with Gasteiger partial charge in [0.2, 0.25) is 10.0 Å². The van der Waals surface area contributed by atoms with Crippen molar-refractivity contribution in [3.05, 3.63) is 27.7 Å². The molecule has 0 aromatic heterocycles. The molecule has 0 atom stereocenters. The second-order valence-electron chi connectivity index (χ2n) is 4.64. The van der Waals surface area contributed by atoms with Gasteiger partial charge in [0, 0.05) is 36.7 Å². The maximum Gasteiger partial charge on any atom is 0.211 e. The molecule has 1 aliphatic rings. The van der Waals surface area contributed by atoms with Crippen LogP contribution in [-0.2, 0) is 27.7 Å². The van der Waals surface area contributed by atoms with Crippen molar-refractivity contribution >= 4 is 26.0 Å². The summed E-state index contributed by atoms with van der Waals surface area (Å²) in [4.78, 5) is 0. The zero-order valence-electron chi connectivity index (χ0n) is 11.3. The highest BCUT2D eigenvalue weighted by molar-refractivity contribution is 9.10. The molecule has 0 spiro atoms. The van der Waals surface area contributed by atoms with Gasteiger partial charge in [0.05, 0.1) is 12.4 Å². The highest BCUT2D eigenvalue weighted by Crippen LogP contribution is 2.32. The quantitative estimate of drug-likeness (QED) is 0.750. The number of benzene rings is 1. The molecule has 20 heavy (non-hydrogen) atoms. The highest BCUT2D eigenvalue weighted by Gasteiger charge is 2.19. The Morgan fingerprint density at radius 2 is 2.25 bits per heavy atom. The fraction of sp³-hybridized carbons (Fsp3) is 0.538. The zero-order chi connectivity index (χ0) is 14.6. The summed E-state index contributed by atoms with van der Waals surface area (Å²) in [5.41, 5.74) is 1.98. The molecule has 7 heteroatoms. The van der Waals surface area contributed by atoms with Crippen molar-refractivity contribution in [3.63, 3.8) is 0 Å². The van der Waals surface area contributed by atoms with Crippen molar-refractivity contribution in [3.8, 4) is 5.75 Å². The van der Waals surface area contributed by atoms with Gasteiger partial charge >= 0.3 is 0 Å². The van der Waals surface area contributed by atoms with Crippen LogP contribution in [0.1, 0.15) is 17.5 Å². The lowest BCUT2D eigenvalue weighted by atomic mass is 10.1. The number of sulfonamides is 1. The zero-order valence-corrected chi connectivity index (χ0v) is 13.7. The van der Waals surface area contributed by atoms with E-state index in [0.29, 0.717) is 19.6 Å². The van der Waals surface area contributed by atoms with Crippen LogP contribution in [-0.4, -0.2) is 34.5 Å². The Morgan fingerprint density at radius 1 is 1.45 bits per heavy atom. The van der Waals surface area contributed by atoms with Gasteiger partial charge in [-0.2, -0.15) is 0 Å². The lowest BCUT2D eigenvalue weighted by Gasteiger charge is -2.11. The van der Waals surface area contributed by atoms with Crippen molar-refractivity contribution in [2.24, 2.45) is 0 Å². The molecule has 0 aliphatic carbocycles. The molecule has 0 radical (unpaired) electrons. The predicted molar refractivity (Wildman–Crippen MR) is 80.5 cm³/mol. The summed E-state index contributed by atoms with van der Waals surface area (Å²) in [5.74, 6) is 0.880. The summed E-state index contributed by atoms with van der Waals surface area (Å²) in [5, 5.41) is 0. The predicted octanol–water partition coefficient (Wildman–Crippen LogP) is 1.84. The number of rotatable bonds is 7. The second-order valence-corrected chi connectivity index (χ2v) is 7.48. The number of methoxy groups -OCH3 is 1. The number of fused-ring (bicyclic) bond motifs is 1. The first-order valence-corrected chi connectivity index (χ1v) is 8.87.